The fourth-order valence-electron chi connectivity index (χ4n) is 1.36. The number of hydrogen-bond acceptors (Lipinski definition) is 7. The maximum absolute atomic E-state index is 10.8. The summed E-state index contributed by atoms with van der Waals surface area (Å²) < 4.78 is 31.0. The molecule has 15 heavy (non-hydrogen) atoms. The summed E-state index contributed by atoms with van der Waals surface area (Å²) in [5, 5.41) is 27.8. The van der Waals surface area contributed by atoms with Crippen LogP contribution in [0.1, 0.15) is 6.92 Å². The Morgan fingerprint density at radius 1 is 1.20 bits per heavy atom. The average molecular weight is 242 g/mol. The van der Waals surface area contributed by atoms with Gasteiger partial charge >= 0.3 is 0 Å². The van der Waals surface area contributed by atoms with Crippen molar-refractivity contribution in [3.63, 3.8) is 0 Å². The second kappa shape index (κ2) is 4.32. The lowest BCUT2D eigenvalue weighted by molar-refractivity contribution is -0.272. The van der Waals surface area contributed by atoms with E-state index in [1.807, 2.05) is 0 Å². The highest BCUT2D eigenvalue weighted by atomic mass is 32.2. The molecule has 1 aliphatic heterocycles. The predicted molar refractivity (Wildman–Crippen MR) is 48.3 cm³/mol. The highest BCUT2D eigenvalue weighted by Crippen LogP contribution is 2.23. The minimum Gasteiger partial charge on any atom is -0.387 e. The van der Waals surface area contributed by atoms with Crippen LogP contribution >= 0.6 is 0 Å². The molecule has 0 aromatic heterocycles. The molecule has 0 bridgehead atoms. The molecule has 0 aromatic rings. The van der Waals surface area contributed by atoms with Gasteiger partial charge in [-0.15, -0.1) is 0 Å². The lowest BCUT2D eigenvalue weighted by atomic mass is 10.0. The third-order valence-electron chi connectivity index (χ3n) is 2.08. The normalized spacial score (nSPS) is 42.9. The van der Waals surface area contributed by atoms with Crippen molar-refractivity contribution < 1.29 is 32.7 Å². The zero-order valence-electron chi connectivity index (χ0n) is 8.27. The predicted octanol–water partition coefficient (Wildman–Crippen LogP) is -2.21. The van der Waals surface area contributed by atoms with Crippen LogP contribution in [0.4, 0.5) is 0 Å². The zero-order valence-corrected chi connectivity index (χ0v) is 9.09. The fourth-order valence-corrected chi connectivity index (χ4v) is 2.03. The lowest BCUT2D eigenvalue weighted by Crippen LogP contribution is -2.57. The van der Waals surface area contributed by atoms with Gasteiger partial charge in [0.15, 0.2) is 6.29 Å². The van der Waals surface area contributed by atoms with E-state index in [9.17, 15) is 18.6 Å². The van der Waals surface area contributed by atoms with E-state index in [0.717, 1.165) is 6.26 Å². The first-order valence-electron chi connectivity index (χ1n) is 4.30. The van der Waals surface area contributed by atoms with Crippen molar-refractivity contribution in [2.75, 3.05) is 6.26 Å². The van der Waals surface area contributed by atoms with Crippen LogP contribution in [0.15, 0.2) is 0 Å². The van der Waals surface area contributed by atoms with Crippen molar-refractivity contribution in [2.24, 2.45) is 0 Å². The summed E-state index contributed by atoms with van der Waals surface area (Å²) in [5.74, 6) is 0. The van der Waals surface area contributed by atoms with Crippen LogP contribution in [-0.2, 0) is 19.0 Å². The van der Waals surface area contributed by atoms with Gasteiger partial charge in [0.1, 0.15) is 18.3 Å². The van der Waals surface area contributed by atoms with Crippen molar-refractivity contribution in [3.8, 4) is 0 Å². The molecule has 1 fully saturated rings. The van der Waals surface area contributed by atoms with Crippen molar-refractivity contribution >= 4 is 10.1 Å². The highest BCUT2D eigenvalue weighted by Gasteiger charge is 2.44. The van der Waals surface area contributed by atoms with E-state index < -0.39 is 40.8 Å². The maximum atomic E-state index is 10.8. The molecule has 0 radical (unpaired) electrons. The second-order valence-corrected chi connectivity index (χ2v) is 5.08. The molecule has 1 saturated heterocycles. The summed E-state index contributed by atoms with van der Waals surface area (Å²) in [7, 11) is -3.76. The summed E-state index contributed by atoms with van der Waals surface area (Å²) in [6.45, 7) is 1.42. The Labute approximate surface area is 87.4 Å². The smallest absolute Gasteiger partial charge is 0.264 e. The molecular formula is C7H14O7S. The van der Waals surface area contributed by atoms with E-state index in [2.05, 4.69) is 4.18 Å². The van der Waals surface area contributed by atoms with E-state index in [-0.39, 0.29) is 0 Å². The number of ether oxygens (including phenoxy) is 1. The van der Waals surface area contributed by atoms with Gasteiger partial charge in [0.2, 0.25) is 0 Å². The van der Waals surface area contributed by atoms with Gasteiger partial charge in [-0.25, -0.2) is 0 Å². The number of aliphatic hydroxyl groups excluding tert-OH is 3. The summed E-state index contributed by atoms with van der Waals surface area (Å²) in [6, 6.07) is 0. The molecule has 0 spiro atoms. The van der Waals surface area contributed by atoms with E-state index in [1.165, 1.54) is 6.92 Å². The Morgan fingerprint density at radius 2 is 1.73 bits per heavy atom. The molecule has 8 heteroatoms. The highest BCUT2D eigenvalue weighted by molar-refractivity contribution is 7.86. The molecule has 0 aromatic carbocycles. The van der Waals surface area contributed by atoms with Crippen LogP contribution in [0.2, 0.25) is 0 Å². The molecule has 0 amide bonds. The minimum atomic E-state index is -3.76. The maximum Gasteiger partial charge on any atom is 0.264 e. The van der Waals surface area contributed by atoms with Crippen LogP contribution in [0, 0.1) is 0 Å². The Bertz CT molecular complexity index is 313. The van der Waals surface area contributed by atoms with Crippen LogP contribution < -0.4 is 0 Å². The molecule has 3 N–H and O–H groups in total. The number of rotatable bonds is 2. The summed E-state index contributed by atoms with van der Waals surface area (Å²) in [6.07, 6.45) is -5.89. The Morgan fingerprint density at radius 3 is 2.20 bits per heavy atom. The first-order chi connectivity index (χ1) is 6.72. The number of hydrogen-bond donors (Lipinski definition) is 3. The molecule has 0 saturated carbocycles. The summed E-state index contributed by atoms with van der Waals surface area (Å²) in [5.41, 5.74) is 0. The van der Waals surface area contributed by atoms with Gasteiger partial charge in [-0.05, 0) is 6.92 Å². The summed E-state index contributed by atoms with van der Waals surface area (Å²) >= 11 is 0. The summed E-state index contributed by atoms with van der Waals surface area (Å²) in [4.78, 5) is 0. The van der Waals surface area contributed by atoms with Gasteiger partial charge in [0.25, 0.3) is 10.1 Å². The fraction of sp³-hybridized carbons (Fsp3) is 1.00. The first kappa shape index (κ1) is 12.8. The van der Waals surface area contributed by atoms with Gasteiger partial charge < -0.3 is 20.1 Å². The Kier molecular flexibility index (Phi) is 3.69. The largest absolute Gasteiger partial charge is 0.387 e. The standard InChI is InChI=1S/C7H14O7S/c1-3-6(14-15(2,11)12)4(8)5(9)7(10)13-3/h3-10H,1-2H3/t3-,4-,5+,6+,7+/m1/s1. The van der Waals surface area contributed by atoms with Gasteiger partial charge in [-0.2, -0.15) is 8.42 Å². The molecule has 1 rings (SSSR count). The van der Waals surface area contributed by atoms with Crippen molar-refractivity contribution in [1.29, 1.82) is 0 Å². The molecule has 1 heterocycles. The van der Waals surface area contributed by atoms with E-state index in [4.69, 9.17) is 9.84 Å². The van der Waals surface area contributed by atoms with Crippen molar-refractivity contribution in [1.82, 2.24) is 0 Å². The molecule has 5 atom stereocenters. The molecule has 7 nitrogen and oxygen atoms in total. The van der Waals surface area contributed by atoms with Crippen molar-refractivity contribution in [3.05, 3.63) is 0 Å². The monoisotopic (exact) mass is 242 g/mol. The van der Waals surface area contributed by atoms with Crippen LogP contribution in [-0.4, -0.2) is 60.7 Å². The van der Waals surface area contributed by atoms with E-state index >= 15 is 0 Å². The van der Waals surface area contributed by atoms with Gasteiger partial charge in [-0.1, -0.05) is 0 Å². The number of aliphatic hydroxyl groups is 3. The van der Waals surface area contributed by atoms with E-state index in [1.54, 1.807) is 0 Å². The van der Waals surface area contributed by atoms with Crippen LogP contribution in [0.25, 0.3) is 0 Å². The van der Waals surface area contributed by atoms with Gasteiger partial charge in [0.05, 0.1) is 12.4 Å². The molecule has 1 aliphatic rings. The third kappa shape index (κ3) is 3.10. The quantitative estimate of drug-likeness (QED) is 0.470. The molecular weight excluding hydrogens is 228 g/mol. The Balaban J connectivity index is 2.79. The Hall–Kier alpha value is -0.250. The zero-order chi connectivity index (χ0) is 11.8. The minimum absolute atomic E-state index is 0.823. The molecule has 0 unspecified atom stereocenters. The lowest BCUT2D eigenvalue weighted by Gasteiger charge is -2.38. The SMILES string of the molecule is C[C@H]1O[C@H](O)[C@@H](O)[C@@H](O)[C@H]1OS(C)(=O)=O. The van der Waals surface area contributed by atoms with Crippen molar-refractivity contribution in [2.45, 2.75) is 37.6 Å². The van der Waals surface area contributed by atoms with E-state index in [0.29, 0.717) is 0 Å². The van der Waals surface area contributed by atoms with Crippen LogP contribution in [0.5, 0.6) is 0 Å². The van der Waals surface area contributed by atoms with Gasteiger partial charge in [0, 0.05) is 0 Å². The topological polar surface area (TPSA) is 113 Å². The molecule has 0 aliphatic carbocycles. The second-order valence-electron chi connectivity index (χ2n) is 3.48. The van der Waals surface area contributed by atoms with Gasteiger partial charge in [-0.3, -0.25) is 4.18 Å². The average Bonchev–Trinajstić information content (AvgIpc) is 2.07. The first-order valence-corrected chi connectivity index (χ1v) is 6.12. The van der Waals surface area contributed by atoms with Crippen LogP contribution in [0.3, 0.4) is 0 Å². The third-order valence-corrected chi connectivity index (χ3v) is 2.65. The molecule has 90 valence electrons.